The molecule has 2 bridgehead atoms. The molecule has 7 aromatic carbocycles. The minimum absolute atomic E-state index is 0.131. The number of anilines is 3. The van der Waals surface area contributed by atoms with Crippen molar-refractivity contribution in [3.8, 4) is 44.5 Å². The molecule has 1 spiro atoms. The van der Waals surface area contributed by atoms with E-state index >= 15 is 4.39 Å². The first-order chi connectivity index (χ1) is 29.1. The van der Waals surface area contributed by atoms with Crippen LogP contribution in [0.1, 0.15) is 50.7 Å². The molecule has 7 aromatic rings. The van der Waals surface area contributed by atoms with Crippen LogP contribution in [-0.4, -0.2) is 39.2 Å². The van der Waals surface area contributed by atoms with E-state index in [0.717, 1.165) is 45.1 Å². The van der Waals surface area contributed by atoms with Crippen LogP contribution in [0.3, 0.4) is 0 Å². The van der Waals surface area contributed by atoms with Crippen molar-refractivity contribution in [1.82, 2.24) is 0 Å². The lowest BCUT2D eigenvalue weighted by Gasteiger charge is -2.54. The summed E-state index contributed by atoms with van der Waals surface area (Å²) in [6.45, 7) is 5.02. The maximum absolute atomic E-state index is 18.0. The van der Waals surface area contributed by atoms with E-state index in [0.29, 0.717) is 23.4 Å². The molecule has 2 saturated carbocycles. The highest BCUT2D eigenvalue weighted by Crippen LogP contribution is 2.65. The minimum Gasteiger partial charge on any atom is -0.307 e. The van der Waals surface area contributed by atoms with Gasteiger partial charge in [-0.05, 0) is 130 Å². The molecule has 0 aliphatic heterocycles. The highest BCUT2D eigenvalue weighted by molar-refractivity contribution is 6.68. The number of benzene rings is 7. The van der Waals surface area contributed by atoms with E-state index in [1.54, 1.807) is 6.07 Å². The van der Waals surface area contributed by atoms with Crippen molar-refractivity contribution in [2.75, 3.05) is 4.90 Å². The fourth-order valence-corrected chi connectivity index (χ4v) is 12.5. The highest BCUT2D eigenvalue weighted by Gasteiger charge is 2.57. The standard InChI is InChI=1S/C53H51B5FN/c1-30-22-32-24-31(2)53(36(23-30)25-32)42-21-13-12-20-38(42)40-28-41(46-47(54)49(56)51(58)50(57)48(46)55)45(29-43(40)53)60(37-18-10-5-11-19-37)52-39(34-16-8-4-9-17-34)26-35(27-44(52)59)33-14-6-3-7-15-33/h3-21,26-32,36H,22-25,54-58H2,1-2H3. The summed E-state index contributed by atoms with van der Waals surface area (Å²) in [6.07, 6.45) is 5.07. The lowest BCUT2D eigenvalue weighted by Crippen LogP contribution is -2.55. The fourth-order valence-electron chi connectivity index (χ4n) is 12.5. The molecular weight excluding hydrogens is 724 g/mol. The van der Waals surface area contributed by atoms with Crippen LogP contribution in [0, 0.1) is 29.5 Å². The zero-order valence-electron chi connectivity index (χ0n) is 36.2. The van der Waals surface area contributed by atoms with Crippen molar-refractivity contribution in [2.24, 2.45) is 23.7 Å². The molecular formula is C53H51B5FN. The van der Waals surface area contributed by atoms with Crippen LogP contribution < -0.4 is 32.2 Å². The molecule has 0 heterocycles. The number of rotatable bonds is 6. The van der Waals surface area contributed by atoms with Crippen molar-refractivity contribution in [1.29, 1.82) is 0 Å². The number of hydrogen-bond donors (Lipinski definition) is 0. The summed E-state index contributed by atoms with van der Waals surface area (Å²) in [4.78, 5) is 2.28. The zero-order chi connectivity index (χ0) is 41.4. The second-order valence-corrected chi connectivity index (χ2v) is 18.6. The maximum Gasteiger partial charge on any atom is 0.148 e. The molecule has 60 heavy (non-hydrogen) atoms. The Morgan fingerprint density at radius 2 is 1.12 bits per heavy atom. The molecule has 5 unspecified atom stereocenters. The van der Waals surface area contributed by atoms with Crippen molar-refractivity contribution in [2.45, 2.75) is 44.9 Å². The van der Waals surface area contributed by atoms with Gasteiger partial charge in [-0.1, -0.05) is 128 Å². The van der Waals surface area contributed by atoms with Gasteiger partial charge in [-0.25, -0.2) is 4.39 Å². The Balaban J connectivity index is 1.35. The minimum atomic E-state index is -0.247. The number of nitrogens with zero attached hydrogens (tertiary/aromatic N) is 1. The largest absolute Gasteiger partial charge is 0.307 e. The van der Waals surface area contributed by atoms with E-state index in [2.05, 4.69) is 167 Å². The Labute approximate surface area is 360 Å². The Morgan fingerprint density at radius 1 is 0.517 bits per heavy atom. The molecule has 3 aliphatic rings. The van der Waals surface area contributed by atoms with Crippen molar-refractivity contribution < 1.29 is 4.39 Å². The van der Waals surface area contributed by atoms with E-state index in [9.17, 15) is 0 Å². The smallest absolute Gasteiger partial charge is 0.148 e. The Morgan fingerprint density at radius 3 is 1.80 bits per heavy atom. The average molecular weight is 775 g/mol. The van der Waals surface area contributed by atoms with Crippen LogP contribution in [0.2, 0.25) is 0 Å². The van der Waals surface area contributed by atoms with Crippen LogP contribution in [0.15, 0.2) is 140 Å². The van der Waals surface area contributed by atoms with Gasteiger partial charge in [0.25, 0.3) is 0 Å². The summed E-state index contributed by atoms with van der Waals surface area (Å²) < 4.78 is 18.0. The van der Waals surface area contributed by atoms with E-state index in [1.807, 2.05) is 24.3 Å². The molecule has 5 atom stereocenters. The first-order valence-corrected chi connectivity index (χ1v) is 22.2. The third kappa shape index (κ3) is 5.93. The molecule has 3 aliphatic carbocycles. The zero-order valence-corrected chi connectivity index (χ0v) is 36.2. The molecule has 0 amide bonds. The third-order valence-corrected chi connectivity index (χ3v) is 15.4. The predicted molar refractivity (Wildman–Crippen MR) is 268 cm³/mol. The summed E-state index contributed by atoms with van der Waals surface area (Å²) in [5.74, 6) is 2.22. The second kappa shape index (κ2) is 14.9. The number of fused-ring (bicyclic) bond motifs is 8. The molecule has 0 aromatic heterocycles. The monoisotopic (exact) mass is 775 g/mol. The molecule has 7 heteroatoms. The van der Waals surface area contributed by atoms with Crippen LogP contribution >= 0.6 is 0 Å². The van der Waals surface area contributed by atoms with Crippen LogP contribution in [0.25, 0.3) is 44.5 Å². The first kappa shape index (κ1) is 38.8. The quantitative estimate of drug-likeness (QED) is 0.189. The molecule has 0 N–H and O–H groups in total. The molecule has 0 radical (unpaired) electrons. The van der Waals surface area contributed by atoms with Gasteiger partial charge in [0.1, 0.15) is 45.0 Å². The van der Waals surface area contributed by atoms with E-state index in [-0.39, 0.29) is 11.2 Å². The number of halogens is 1. The average Bonchev–Trinajstić information content (AvgIpc) is 3.55. The molecule has 1 nitrogen and oxygen atoms in total. The van der Waals surface area contributed by atoms with Gasteiger partial charge in [0, 0.05) is 22.2 Å². The summed E-state index contributed by atoms with van der Waals surface area (Å²) >= 11 is 0. The molecule has 0 saturated heterocycles. The van der Waals surface area contributed by atoms with E-state index in [1.165, 1.54) is 80.8 Å². The van der Waals surface area contributed by atoms with Crippen molar-refractivity contribution in [3.05, 3.63) is 156 Å². The van der Waals surface area contributed by atoms with Crippen LogP contribution in [-0.2, 0) is 5.41 Å². The lowest BCUT2D eigenvalue weighted by molar-refractivity contribution is 0.0426. The predicted octanol–water partition coefficient (Wildman–Crippen LogP) is 5.95. The summed E-state index contributed by atoms with van der Waals surface area (Å²) in [5, 5.41) is 0. The van der Waals surface area contributed by atoms with E-state index in [4.69, 9.17) is 0 Å². The Hall–Kier alpha value is -5.41. The maximum atomic E-state index is 18.0. The second-order valence-electron chi connectivity index (χ2n) is 18.6. The first-order valence-electron chi connectivity index (χ1n) is 22.2. The lowest BCUT2D eigenvalue weighted by atomic mass is 9.49. The van der Waals surface area contributed by atoms with Gasteiger partial charge >= 0.3 is 0 Å². The Bertz CT molecular complexity index is 2760. The van der Waals surface area contributed by atoms with Gasteiger partial charge in [-0.15, -0.1) is 16.4 Å². The SMILES string of the molecule is Bc1c(B)c(B)c(-c2cc3c(cc2N(c2ccccc2)c2c(F)cc(-c4ccccc4)cc2-c2ccccc2)C2(c4ccccc4-3)C(C)CC3CC(C)CC2C3)c(B)c1B. The van der Waals surface area contributed by atoms with Gasteiger partial charge < -0.3 is 4.90 Å². The summed E-state index contributed by atoms with van der Waals surface area (Å²) in [6, 6.07) is 49.6. The number of hydrogen-bond acceptors (Lipinski definition) is 1. The van der Waals surface area contributed by atoms with Gasteiger partial charge in [0.05, 0.1) is 11.4 Å². The summed E-state index contributed by atoms with van der Waals surface area (Å²) in [7, 11) is 11.4. The summed E-state index contributed by atoms with van der Waals surface area (Å²) in [5.41, 5.74) is 20.7. The fraction of sp³-hybridized carbons (Fsp3) is 0.208. The third-order valence-electron chi connectivity index (χ3n) is 15.4. The Kier molecular flexibility index (Phi) is 9.66. The van der Waals surface area contributed by atoms with Gasteiger partial charge in [-0.3, -0.25) is 0 Å². The highest BCUT2D eigenvalue weighted by atomic mass is 19.1. The topological polar surface area (TPSA) is 3.24 Å². The molecule has 2 fully saturated rings. The van der Waals surface area contributed by atoms with Gasteiger partial charge in [0.15, 0.2) is 0 Å². The molecule has 290 valence electrons. The van der Waals surface area contributed by atoms with Crippen molar-refractivity contribution in [3.63, 3.8) is 0 Å². The normalized spacial score (nSPS) is 21.4. The van der Waals surface area contributed by atoms with Crippen molar-refractivity contribution >= 4 is 83.6 Å². The van der Waals surface area contributed by atoms with Crippen LogP contribution in [0.5, 0.6) is 0 Å². The van der Waals surface area contributed by atoms with E-state index < -0.39 is 0 Å². The van der Waals surface area contributed by atoms with Crippen LogP contribution in [0.4, 0.5) is 21.5 Å². The van der Waals surface area contributed by atoms with Gasteiger partial charge in [-0.2, -0.15) is 0 Å². The van der Waals surface area contributed by atoms with Gasteiger partial charge in [0.2, 0.25) is 0 Å². The number of para-hydroxylation sites is 1. The molecule has 10 rings (SSSR count).